The first-order valence-corrected chi connectivity index (χ1v) is 11.7. The van der Waals surface area contributed by atoms with Gasteiger partial charge in [0.2, 0.25) is 17.7 Å². The third-order valence-corrected chi connectivity index (χ3v) is 7.93. The Morgan fingerprint density at radius 2 is 1.68 bits per heavy atom. The number of imide groups is 1. The maximum absolute atomic E-state index is 13.1. The highest BCUT2D eigenvalue weighted by molar-refractivity contribution is 6.03. The maximum atomic E-state index is 13.1. The zero-order valence-corrected chi connectivity index (χ0v) is 20.2. The van der Waals surface area contributed by atoms with Gasteiger partial charge in [-0.25, -0.2) is 0 Å². The second-order valence-corrected chi connectivity index (χ2v) is 10.7. The van der Waals surface area contributed by atoms with E-state index in [4.69, 9.17) is 0 Å². The van der Waals surface area contributed by atoms with Crippen LogP contribution in [0.4, 0.5) is 5.69 Å². The van der Waals surface area contributed by atoms with Gasteiger partial charge in [-0.1, -0.05) is 66.7 Å². The van der Waals surface area contributed by atoms with Crippen molar-refractivity contribution >= 4 is 23.4 Å². The average Bonchev–Trinajstić information content (AvgIpc) is 2.88. The summed E-state index contributed by atoms with van der Waals surface area (Å²) in [6, 6.07) is 6.18. The van der Waals surface area contributed by atoms with Gasteiger partial charge in [-0.2, -0.15) is 0 Å². The van der Waals surface area contributed by atoms with E-state index in [0.717, 1.165) is 29.7 Å². The van der Waals surface area contributed by atoms with E-state index in [1.54, 1.807) is 0 Å². The summed E-state index contributed by atoms with van der Waals surface area (Å²) in [5.74, 6) is 0.313. The number of fused-ring (bicyclic) bond motifs is 2. The van der Waals surface area contributed by atoms with Gasteiger partial charge in [-0.05, 0) is 47.6 Å². The summed E-state index contributed by atoms with van der Waals surface area (Å²) >= 11 is 0. The molecule has 2 fully saturated rings. The molecule has 2 atom stereocenters. The first-order chi connectivity index (χ1) is 14.4. The van der Waals surface area contributed by atoms with E-state index in [0.29, 0.717) is 24.8 Å². The highest BCUT2D eigenvalue weighted by atomic mass is 16.2. The highest BCUT2D eigenvalue weighted by Crippen LogP contribution is 2.60. The molecule has 1 aliphatic heterocycles. The number of nitrogens with one attached hydrogen (secondary N) is 1. The number of carbonyl (C=O) groups excluding carboxylic acids is 3. The smallest absolute Gasteiger partial charge is 0.235 e. The third-order valence-electron chi connectivity index (χ3n) is 7.93. The lowest BCUT2D eigenvalue weighted by molar-refractivity contribution is -0.168. The minimum Gasteiger partial charge on any atom is -0.326 e. The molecule has 1 N–H and O–H groups in total. The second kappa shape index (κ2) is 8.40. The number of hydrogen-bond acceptors (Lipinski definition) is 3. The number of anilines is 1. The van der Waals surface area contributed by atoms with Crippen LogP contribution in [-0.4, -0.2) is 29.2 Å². The second-order valence-electron chi connectivity index (χ2n) is 10.7. The van der Waals surface area contributed by atoms with Crippen LogP contribution < -0.4 is 5.32 Å². The molecule has 5 nitrogen and oxygen atoms in total. The van der Waals surface area contributed by atoms with Crippen LogP contribution in [0.25, 0.3) is 0 Å². The molecule has 2 aliphatic rings. The first-order valence-electron chi connectivity index (χ1n) is 11.7. The molecule has 1 saturated heterocycles. The highest BCUT2D eigenvalue weighted by Gasteiger charge is 2.64. The average molecular weight is 427 g/mol. The zero-order valence-electron chi connectivity index (χ0n) is 20.2. The quantitative estimate of drug-likeness (QED) is 0.589. The van der Waals surface area contributed by atoms with Crippen LogP contribution in [0, 0.1) is 16.7 Å². The number of amides is 3. The fourth-order valence-electron chi connectivity index (χ4n) is 5.41. The molecule has 31 heavy (non-hydrogen) atoms. The standard InChI is InChI=1S/C26H38N2O3/c1-16(2)18-10-8-11-19(17(3)4)22(18)27-21(29)12-9-15-28-23(30)20-13-14-26(7,24(28)31)25(20,5)6/h8,10-11,16-17,20H,9,12-15H2,1-7H3,(H,27,29). The summed E-state index contributed by atoms with van der Waals surface area (Å²) in [5.41, 5.74) is 2.38. The van der Waals surface area contributed by atoms with Crippen molar-refractivity contribution in [1.29, 1.82) is 0 Å². The largest absolute Gasteiger partial charge is 0.326 e. The normalized spacial score (nSPS) is 24.9. The molecule has 0 aromatic heterocycles. The fraction of sp³-hybridized carbons (Fsp3) is 0.654. The van der Waals surface area contributed by atoms with E-state index < -0.39 is 5.41 Å². The van der Waals surface area contributed by atoms with E-state index >= 15 is 0 Å². The molecule has 3 amide bonds. The van der Waals surface area contributed by atoms with Crippen molar-refractivity contribution in [3.63, 3.8) is 0 Å². The number of rotatable bonds is 7. The van der Waals surface area contributed by atoms with Gasteiger partial charge in [-0.3, -0.25) is 19.3 Å². The number of hydrogen-bond donors (Lipinski definition) is 1. The summed E-state index contributed by atoms with van der Waals surface area (Å²) in [7, 11) is 0. The van der Waals surface area contributed by atoms with Gasteiger partial charge in [0.15, 0.2) is 0 Å². The maximum Gasteiger partial charge on any atom is 0.235 e. The Labute approximate surface area is 187 Å². The van der Waals surface area contributed by atoms with E-state index in [9.17, 15) is 14.4 Å². The lowest BCUT2D eigenvalue weighted by Crippen LogP contribution is -2.59. The Balaban J connectivity index is 1.66. The molecular formula is C26H38N2O3. The first kappa shape index (κ1) is 23.5. The summed E-state index contributed by atoms with van der Waals surface area (Å²) < 4.78 is 0. The monoisotopic (exact) mass is 426 g/mol. The summed E-state index contributed by atoms with van der Waals surface area (Å²) in [4.78, 5) is 40.3. The minimum atomic E-state index is -0.490. The molecular weight excluding hydrogens is 388 g/mol. The number of para-hydroxylation sites is 1. The van der Waals surface area contributed by atoms with Crippen LogP contribution >= 0.6 is 0 Å². The number of nitrogens with zero attached hydrogens (tertiary/aromatic N) is 1. The molecule has 2 unspecified atom stereocenters. The van der Waals surface area contributed by atoms with E-state index in [2.05, 4.69) is 45.1 Å². The molecule has 3 rings (SSSR count). The summed E-state index contributed by atoms with van der Waals surface area (Å²) in [6.07, 6.45) is 2.30. The van der Waals surface area contributed by atoms with Crippen LogP contribution in [0.1, 0.15) is 97.1 Å². The zero-order chi connectivity index (χ0) is 23.1. The van der Waals surface area contributed by atoms with Gasteiger partial charge in [0.05, 0.1) is 5.41 Å². The van der Waals surface area contributed by atoms with Gasteiger partial charge in [0.1, 0.15) is 0 Å². The number of carbonyl (C=O) groups is 3. The van der Waals surface area contributed by atoms with Crippen LogP contribution in [0.15, 0.2) is 18.2 Å². The van der Waals surface area contributed by atoms with Gasteiger partial charge >= 0.3 is 0 Å². The van der Waals surface area contributed by atoms with Crippen LogP contribution in [0.2, 0.25) is 0 Å². The summed E-state index contributed by atoms with van der Waals surface area (Å²) in [6.45, 7) is 14.9. The van der Waals surface area contributed by atoms with E-state index in [1.807, 2.05) is 26.8 Å². The predicted molar refractivity (Wildman–Crippen MR) is 124 cm³/mol. The molecule has 5 heteroatoms. The van der Waals surface area contributed by atoms with E-state index in [-0.39, 0.29) is 35.5 Å². The minimum absolute atomic E-state index is 0.0577. The van der Waals surface area contributed by atoms with Crippen molar-refractivity contribution in [3.8, 4) is 0 Å². The van der Waals surface area contributed by atoms with Crippen LogP contribution in [-0.2, 0) is 14.4 Å². The number of benzene rings is 1. The van der Waals surface area contributed by atoms with Gasteiger partial charge < -0.3 is 5.32 Å². The van der Waals surface area contributed by atoms with Crippen molar-refractivity contribution < 1.29 is 14.4 Å². The van der Waals surface area contributed by atoms with Crippen molar-refractivity contribution in [2.75, 3.05) is 11.9 Å². The van der Waals surface area contributed by atoms with Crippen molar-refractivity contribution in [2.45, 2.75) is 86.0 Å². The molecule has 2 bridgehead atoms. The lowest BCUT2D eigenvalue weighted by atomic mass is 9.62. The molecule has 1 aromatic carbocycles. The topological polar surface area (TPSA) is 66.5 Å². The Morgan fingerprint density at radius 1 is 1.10 bits per heavy atom. The van der Waals surface area contributed by atoms with E-state index in [1.165, 1.54) is 4.90 Å². The molecule has 1 aliphatic carbocycles. The summed E-state index contributed by atoms with van der Waals surface area (Å²) in [5, 5.41) is 3.13. The van der Waals surface area contributed by atoms with Gasteiger partial charge in [0.25, 0.3) is 0 Å². The third kappa shape index (κ3) is 3.92. The number of piperidine rings is 1. The molecule has 0 radical (unpaired) electrons. The van der Waals surface area contributed by atoms with Crippen LogP contribution in [0.3, 0.4) is 0 Å². The van der Waals surface area contributed by atoms with Crippen molar-refractivity contribution in [1.82, 2.24) is 4.90 Å². The predicted octanol–water partition coefficient (Wildman–Crippen LogP) is 5.46. The van der Waals surface area contributed by atoms with Crippen LogP contribution in [0.5, 0.6) is 0 Å². The Bertz CT molecular complexity index is 860. The Hall–Kier alpha value is -2.17. The van der Waals surface area contributed by atoms with Gasteiger partial charge in [0, 0.05) is 24.6 Å². The number of likely N-dealkylation sites (tertiary alicyclic amines) is 1. The Kier molecular flexibility index (Phi) is 6.37. The van der Waals surface area contributed by atoms with Crippen molar-refractivity contribution in [2.24, 2.45) is 16.7 Å². The van der Waals surface area contributed by atoms with Crippen molar-refractivity contribution in [3.05, 3.63) is 29.3 Å². The molecule has 1 aromatic rings. The molecule has 1 heterocycles. The lowest BCUT2D eigenvalue weighted by Gasteiger charge is -2.47. The Morgan fingerprint density at radius 3 is 2.23 bits per heavy atom. The molecule has 170 valence electrons. The van der Waals surface area contributed by atoms with Gasteiger partial charge in [-0.15, -0.1) is 0 Å². The molecule has 0 spiro atoms. The SMILES string of the molecule is CC(C)c1cccc(C(C)C)c1NC(=O)CCCN1C(=O)C2CCC(C)(C1=O)C2(C)C. The fourth-order valence-corrected chi connectivity index (χ4v) is 5.41. The molecule has 1 saturated carbocycles.